The van der Waals surface area contributed by atoms with Crippen molar-refractivity contribution < 1.29 is 9.26 Å². The second-order valence-electron chi connectivity index (χ2n) is 4.63. The Labute approximate surface area is 110 Å². The number of nitrogens with one attached hydrogen (secondary N) is 1. The molecule has 0 radical (unpaired) electrons. The summed E-state index contributed by atoms with van der Waals surface area (Å²) in [5, 5.41) is 4.00. The fourth-order valence-electron chi connectivity index (χ4n) is 2.40. The Balaban J connectivity index is 2.26. The van der Waals surface area contributed by atoms with Crippen LogP contribution >= 0.6 is 0 Å². The third kappa shape index (κ3) is 1.78. The first kappa shape index (κ1) is 11.8. The Bertz CT molecular complexity index is 736. The van der Waals surface area contributed by atoms with Crippen molar-refractivity contribution in [3.63, 3.8) is 0 Å². The highest BCUT2D eigenvalue weighted by Gasteiger charge is 2.14. The number of methoxy groups -OCH3 is 1. The molecule has 5 heteroatoms. The van der Waals surface area contributed by atoms with Gasteiger partial charge in [-0.25, -0.2) is 0 Å². The number of imidazole rings is 1. The number of aromatic amines is 1. The van der Waals surface area contributed by atoms with Crippen LogP contribution < -0.4 is 4.74 Å². The molecule has 0 amide bonds. The molecule has 2 aromatic heterocycles. The summed E-state index contributed by atoms with van der Waals surface area (Å²) in [7, 11) is 1.60. The minimum atomic E-state index is 0.522. The normalized spacial score (nSPS) is 11.2. The van der Waals surface area contributed by atoms with Crippen LogP contribution in [0.25, 0.3) is 22.2 Å². The Morgan fingerprint density at radius 3 is 2.63 bits per heavy atom. The predicted molar refractivity (Wildman–Crippen MR) is 72.4 cm³/mol. The first-order chi connectivity index (χ1) is 9.10. The van der Waals surface area contributed by atoms with Crippen molar-refractivity contribution in [2.24, 2.45) is 0 Å². The Kier molecular flexibility index (Phi) is 2.55. The smallest absolute Gasteiger partial charge is 0.294 e. The molecule has 0 aliphatic rings. The van der Waals surface area contributed by atoms with Crippen molar-refractivity contribution in [1.82, 2.24) is 15.1 Å². The van der Waals surface area contributed by atoms with Gasteiger partial charge >= 0.3 is 0 Å². The van der Waals surface area contributed by atoms with Gasteiger partial charge in [0.2, 0.25) is 0 Å². The zero-order valence-electron chi connectivity index (χ0n) is 11.4. The summed E-state index contributed by atoms with van der Waals surface area (Å²) in [4.78, 5) is 7.52. The number of aryl methyl sites for hydroxylation is 3. The summed E-state index contributed by atoms with van der Waals surface area (Å²) in [6.45, 7) is 5.89. The number of hydrogen-bond donors (Lipinski definition) is 1. The van der Waals surface area contributed by atoms with Gasteiger partial charge < -0.3 is 14.2 Å². The van der Waals surface area contributed by atoms with Crippen LogP contribution in [0.5, 0.6) is 6.01 Å². The summed E-state index contributed by atoms with van der Waals surface area (Å²) in [6, 6.07) is 4.66. The van der Waals surface area contributed by atoms with Gasteiger partial charge in [-0.3, -0.25) is 0 Å². The van der Waals surface area contributed by atoms with Gasteiger partial charge in [0.15, 0.2) is 0 Å². The molecule has 3 rings (SSSR count). The Hall–Kier alpha value is -2.30. The lowest BCUT2D eigenvalue weighted by molar-refractivity contribution is 0.386. The fraction of sp³-hybridized carbons (Fsp3) is 0.286. The number of ether oxygens (including phenoxy) is 1. The largest absolute Gasteiger partial charge is 0.468 e. The lowest BCUT2D eigenvalue weighted by Crippen LogP contribution is -1.85. The molecule has 1 N–H and O–H groups in total. The molecule has 0 unspecified atom stereocenters. The molecule has 0 bridgehead atoms. The number of nitrogens with zero attached hydrogens (tertiary/aromatic N) is 2. The van der Waals surface area contributed by atoms with Crippen molar-refractivity contribution in [1.29, 1.82) is 0 Å². The second kappa shape index (κ2) is 4.12. The topological polar surface area (TPSA) is 63.9 Å². The summed E-state index contributed by atoms with van der Waals surface area (Å²) in [5.74, 6) is 0.822. The minimum Gasteiger partial charge on any atom is -0.468 e. The molecule has 0 aliphatic carbocycles. The molecule has 0 atom stereocenters. The molecule has 1 aromatic carbocycles. The maximum absolute atomic E-state index is 5.23. The van der Waals surface area contributed by atoms with Crippen molar-refractivity contribution in [2.75, 3.05) is 7.11 Å². The molecule has 2 heterocycles. The van der Waals surface area contributed by atoms with Crippen LogP contribution in [-0.2, 0) is 0 Å². The molecular weight excluding hydrogens is 242 g/mol. The SMILES string of the molecule is COc1nc2c(C)cc(-c3c(C)noc3C)cc2[nH]1. The van der Waals surface area contributed by atoms with Crippen LogP contribution in [0, 0.1) is 20.8 Å². The number of H-pyrrole nitrogens is 1. The monoisotopic (exact) mass is 257 g/mol. The highest BCUT2D eigenvalue weighted by molar-refractivity contribution is 5.86. The number of hydrogen-bond acceptors (Lipinski definition) is 4. The van der Waals surface area contributed by atoms with E-state index in [1.807, 2.05) is 26.8 Å². The third-order valence-corrected chi connectivity index (χ3v) is 3.27. The van der Waals surface area contributed by atoms with Crippen LogP contribution in [0.4, 0.5) is 0 Å². The summed E-state index contributed by atoms with van der Waals surface area (Å²) in [5.41, 5.74) is 5.97. The molecule has 0 saturated heterocycles. The quantitative estimate of drug-likeness (QED) is 0.766. The van der Waals surface area contributed by atoms with E-state index < -0.39 is 0 Å². The van der Waals surface area contributed by atoms with Gasteiger partial charge in [-0.2, -0.15) is 4.98 Å². The number of benzene rings is 1. The van der Waals surface area contributed by atoms with Gasteiger partial charge in [-0.15, -0.1) is 0 Å². The van der Waals surface area contributed by atoms with Crippen molar-refractivity contribution >= 4 is 11.0 Å². The maximum atomic E-state index is 5.23. The van der Waals surface area contributed by atoms with E-state index in [0.717, 1.165) is 39.2 Å². The number of rotatable bonds is 2. The van der Waals surface area contributed by atoms with E-state index in [1.165, 1.54) is 0 Å². The van der Waals surface area contributed by atoms with E-state index in [4.69, 9.17) is 9.26 Å². The van der Waals surface area contributed by atoms with E-state index in [9.17, 15) is 0 Å². The van der Waals surface area contributed by atoms with Gasteiger partial charge in [-0.05, 0) is 44.0 Å². The van der Waals surface area contributed by atoms with Crippen LogP contribution in [0.1, 0.15) is 17.0 Å². The van der Waals surface area contributed by atoms with Crippen LogP contribution in [-0.4, -0.2) is 22.2 Å². The third-order valence-electron chi connectivity index (χ3n) is 3.27. The van der Waals surface area contributed by atoms with Crippen LogP contribution in [0.15, 0.2) is 16.7 Å². The van der Waals surface area contributed by atoms with E-state index in [2.05, 4.69) is 21.2 Å². The average Bonchev–Trinajstić information content (AvgIpc) is 2.93. The van der Waals surface area contributed by atoms with Crippen LogP contribution in [0.3, 0.4) is 0 Å². The summed E-state index contributed by atoms with van der Waals surface area (Å²) < 4.78 is 10.4. The van der Waals surface area contributed by atoms with Crippen molar-refractivity contribution in [3.05, 3.63) is 29.2 Å². The highest BCUT2D eigenvalue weighted by Crippen LogP contribution is 2.31. The molecule has 0 saturated carbocycles. The molecule has 0 aliphatic heterocycles. The average molecular weight is 257 g/mol. The van der Waals surface area contributed by atoms with Gasteiger partial charge in [0.05, 0.1) is 23.8 Å². The Morgan fingerprint density at radius 2 is 2.00 bits per heavy atom. The molecule has 0 fully saturated rings. The van der Waals surface area contributed by atoms with Crippen molar-refractivity contribution in [2.45, 2.75) is 20.8 Å². The second-order valence-corrected chi connectivity index (χ2v) is 4.63. The first-order valence-electron chi connectivity index (χ1n) is 6.07. The minimum absolute atomic E-state index is 0.522. The summed E-state index contributed by atoms with van der Waals surface area (Å²) >= 11 is 0. The molecule has 19 heavy (non-hydrogen) atoms. The fourth-order valence-corrected chi connectivity index (χ4v) is 2.40. The van der Waals surface area contributed by atoms with Gasteiger partial charge in [-0.1, -0.05) is 5.16 Å². The molecule has 0 spiro atoms. The zero-order valence-corrected chi connectivity index (χ0v) is 11.4. The summed E-state index contributed by atoms with van der Waals surface area (Å²) in [6.07, 6.45) is 0. The molecule has 3 aromatic rings. The molecule has 5 nitrogen and oxygen atoms in total. The number of fused-ring (bicyclic) bond motifs is 1. The van der Waals surface area contributed by atoms with Crippen molar-refractivity contribution in [3.8, 4) is 17.1 Å². The van der Waals surface area contributed by atoms with Gasteiger partial charge in [0.1, 0.15) is 5.76 Å². The standard InChI is InChI=1S/C14H15N3O2/c1-7-5-10(12-8(2)17-19-9(12)3)6-11-13(7)16-14(15-11)18-4/h5-6H,1-4H3,(H,15,16). The van der Waals surface area contributed by atoms with E-state index in [0.29, 0.717) is 6.01 Å². The lowest BCUT2D eigenvalue weighted by Gasteiger charge is -2.03. The predicted octanol–water partition coefficient (Wildman–Crippen LogP) is 3.15. The Morgan fingerprint density at radius 1 is 1.21 bits per heavy atom. The van der Waals surface area contributed by atoms with Crippen LogP contribution in [0.2, 0.25) is 0 Å². The van der Waals surface area contributed by atoms with E-state index in [-0.39, 0.29) is 0 Å². The van der Waals surface area contributed by atoms with Gasteiger partial charge in [0, 0.05) is 5.56 Å². The van der Waals surface area contributed by atoms with E-state index in [1.54, 1.807) is 7.11 Å². The van der Waals surface area contributed by atoms with Gasteiger partial charge in [0.25, 0.3) is 6.01 Å². The zero-order chi connectivity index (χ0) is 13.6. The van der Waals surface area contributed by atoms with E-state index >= 15 is 0 Å². The molecular formula is C14H15N3O2. The molecule has 98 valence electrons. The lowest BCUT2D eigenvalue weighted by atomic mass is 10.0. The maximum Gasteiger partial charge on any atom is 0.294 e. The first-order valence-corrected chi connectivity index (χ1v) is 6.07. The number of aromatic nitrogens is 3. The highest BCUT2D eigenvalue weighted by atomic mass is 16.5.